The van der Waals surface area contributed by atoms with Gasteiger partial charge in [-0.1, -0.05) is 11.6 Å². The molecule has 1 rings (SSSR count). The van der Waals surface area contributed by atoms with E-state index in [0.29, 0.717) is 11.5 Å². The second-order valence-electron chi connectivity index (χ2n) is 3.41. The van der Waals surface area contributed by atoms with Gasteiger partial charge in [-0.25, -0.2) is 4.39 Å². The van der Waals surface area contributed by atoms with Gasteiger partial charge in [-0.15, -0.1) is 0 Å². The normalized spacial score (nSPS) is 17.0. The van der Waals surface area contributed by atoms with Crippen molar-refractivity contribution in [1.29, 1.82) is 0 Å². The van der Waals surface area contributed by atoms with Gasteiger partial charge >= 0.3 is 0 Å². The minimum absolute atomic E-state index is 0.288. The molecule has 0 saturated carbocycles. The first-order chi connectivity index (χ1) is 6.65. The first-order valence-corrected chi connectivity index (χ1v) is 5.13. The van der Waals surface area contributed by atoms with Crippen LogP contribution in [0.5, 0.6) is 0 Å². The molecule has 14 heavy (non-hydrogen) atoms. The number of nitrogens with one attached hydrogen (secondary N) is 1. The van der Waals surface area contributed by atoms with Crippen molar-refractivity contribution in [2.45, 2.75) is 12.8 Å². The molecule has 0 amide bonds. The van der Waals surface area contributed by atoms with Gasteiger partial charge in [0.05, 0.1) is 5.03 Å². The Labute approximate surface area is 89.4 Å². The van der Waals surface area contributed by atoms with Crippen molar-refractivity contribution in [2.75, 3.05) is 27.2 Å². The van der Waals surface area contributed by atoms with E-state index >= 15 is 0 Å². The topological polar surface area (TPSA) is 15.3 Å². The van der Waals surface area contributed by atoms with E-state index in [1.165, 1.54) is 6.08 Å². The predicted molar refractivity (Wildman–Crippen MR) is 57.9 cm³/mol. The molecule has 1 aliphatic rings. The van der Waals surface area contributed by atoms with Crippen molar-refractivity contribution in [3.63, 3.8) is 0 Å². The number of hydrogen-bond donors (Lipinski definition) is 1. The van der Waals surface area contributed by atoms with Gasteiger partial charge in [0.2, 0.25) is 0 Å². The highest BCUT2D eigenvalue weighted by atomic mass is 35.5. The Hall–Kier alpha value is -0.540. The maximum Gasteiger partial charge on any atom is 0.139 e. The third-order valence-electron chi connectivity index (χ3n) is 2.34. The number of allylic oxidation sites excluding steroid dienone is 4. The SMILES string of the molecule is CNCCN(C)C1=CC(F)=C(Cl)CC1. The van der Waals surface area contributed by atoms with Crippen LogP contribution in [0.2, 0.25) is 0 Å². The average Bonchev–Trinajstić information content (AvgIpc) is 2.18. The van der Waals surface area contributed by atoms with E-state index in [0.717, 1.165) is 25.2 Å². The Morgan fingerprint density at radius 1 is 1.57 bits per heavy atom. The number of halogens is 2. The van der Waals surface area contributed by atoms with E-state index < -0.39 is 0 Å². The van der Waals surface area contributed by atoms with Crippen LogP contribution in [-0.2, 0) is 0 Å². The van der Waals surface area contributed by atoms with Crippen molar-refractivity contribution >= 4 is 11.6 Å². The molecular formula is C10H16ClFN2. The van der Waals surface area contributed by atoms with Crippen molar-refractivity contribution in [2.24, 2.45) is 0 Å². The Balaban J connectivity index is 2.57. The Morgan fingerprint density at radius 3 is 2.86 bits per heavy atom. The lowest BCUT2D eigenvalue weighted by molar-refractivity contribution is 0.394. The molecule has 0 aromatic carbocycles. The molecule has 80 valence electrons. The van der Waals surface area contributed by atoms with Gasteiger partial charge in [0.15, 0.2) is 0 Å². The molecule has 0 fully saturated rings. The fourth-order valence-corrected chi connectivity index (χ4v) is 1.53. The summed E-state index contributed by atoms with van der Waals surface area (Å²) in [4.78, 5) is 2.05. The summed E-state index contributed by atoms with van der Waals surface area (Å²) in [6, 6.07) is 0. The van der Waals surface area contributed by atoms with Crippen LogP contribution in [0, 0.1) is 0 Å². The molecule has 0 aliphatic heterocycles. The highest BCUT2D eigenvalue weighted by Crippen LogP contribution is 2.28. The highest BCUT2D eigenvalue weighted by Gasteiger charge is 2.13. The average molecular weight is 219 g/mol. The molecule has 2 nitrogen and oxygen atoms in total. The minimum atomic E-state index is -0.288. The quantitative estimate of drug-likeness (QED) is 0.779. The monoisotopic (exact) mass is 218 g/mol. The summed E-state index contributed by atoms with van der Waals surface area (Å²) in [6.45, 7) is 1.78. The van der Waals surface area contributed by atoms with E-state index in [4.69, 9.17) is 11.6 Å². The lowest BCUT2D eigenvalue weighted by Crippen LogP contribution is -2.27. The minimum Gasteiger partial charge on any atom is -0.377 e. The van der Waals surface area contributed by atoms with Crippen LogP contribution in [0.1, 0.15) is 12.8 Å². The Kier molecular flexibility index (Phi) is 4.42. The zero-order valence-corrected chi connectivity index (χ0v) is 9.36. The van der Waals surface area contributed by atoms with Gasteiger partial charge in [0.1, 0.15) is 5.83 Å². The molecule has 1 aliphatic carbocycles. The van der Waals surface area contributed by atoms with Crippen LogP contribution in [-0.4, -0.2) is 32.1 Å². The van der Waals surface area contributed by atoms with Crippen LogP contribution in [0.3, 0.4) is 0 Å². The van der Waals surface area contributed by atoms with E-state index in [1.807, 2.05) is 14.1 Å². The summed E-state index contributed by atoms with van der Waals surface area (Å²) >= 11 is 5.67. The van der Waals surface area contributed by atoms with Crippen LogP contribution in [0.15, 0.2) is 22.6 Å². The van der Waals surface area contributed by atoms with Crippen LogP contribution in [0.4, 0.5) is 4.39 Å². The Morgan fingerprint density at radius 2 is 2.29 bits per heavy atom. The van der Waals surface area contributed by atoms with E-state index in [2.05, 4.69) is 10.2 Å². The number of rotatable bonds is 4. The van der Waals surface area contributed by atoms with Gasteiger partial charge in [0.25, 0.3) is 0 Å². The highest BCUT2D eigenvalue weighted by molar-refractivity contribution is 6.30. The van der Waals surface area contributed by atoms with E-state index in [-0.39, 0.29) is 5.83 Å². The maximum atomic E-state index is 13.1. The third-order valence-corrected chi connectivity index (χ3v) is 2.71. The summed E-state index contributed by atoms with van der Waals surface area (Å²) in [5.41, 5.74) is 1.02. The van der Waals surface area contributed by atoms with Crippen molar-refractivity contribution in [1.82, 2.24) is 10.2 Å². The van der Waals surface area contributed by atoms with Crippen LogP contribution in [0.25, 0.3) is 0 Å². The zero-order chi connectivity index (χ0) is 10.6. The van der Waals surface area contributed by atoms with Crippen LogP contribution < -0.4 is 5.32 Å². The molecule has 0 spiro atoms. The number of nitrogens with zero attached hydrogens (tertiary/aromatic N) is 1. The fourth-order valence-electron chi connectivity index (χ4n) is 1.38. The standard InChI is InChI=1S/C10H16ClFN2/c1-13-5-6-14(2)8-3-4-9(11)10(12)7-8/h7,13H,3-6H2,1-2H3. The van der Waals surface area contributed by atoms with Gasteiger partial charge in [-0.2, -0.15) is 0 Å². The van der Waals surface area contributed by atoms with Gasteiger partial charge in [-0.3, -0.25) is 0 Å². The zero-order valence-electron chi connectivity index (χ0n) is 8.61. The van der Waals surface area contributed by atoms with Crippen LogP contribution >= 0.6 is 11.6 Å². The van der Waals surface area contributed by atoms with E-state index in [1.54, 1.807) is 0 Å². The third kappa shape index (κ3) is 3.00. The molecule has 4 heteroatoms. The lowest BCUT2D eigenvalue weighted by Gasteiger charge is -2.24. The molecular weight excluding hydrogens is 203 g/mol. The lowest BCUT2D eigenvalue weighted by atomic mass is 10.1. The number of likely N-dealkylation sites (N-methyl/N-ethyl adjacent to an activating group) is 2. The largest absolute Gasteiger partial charge is 0.377 e. The molecule has 0 heterocycles. The second kappa shape index (κ2) is 5.37. The van der Waals surface area contributed by atoms with Crippen molar-refractivity contribution in [3.8, 4) is 0 Å². The first-order valence-electron chi connectivity index (χ1n) is 4.75. The second-order valence-corrected chi connectivity index (χ2v) is 3.87. The number of hydrogen-bond acceptors (Lipinski definition) is 2. The molecule has 0 unspecified atom stereocenters. The Bertz CT molecular complexity index is 261. The molecule has 0 aromatic heterocycles. The van der Waals surface area contributed by atoms with Gasteiger partial charge in [-0.05, 0) is 26.0 Å². The molecule has 0 atom stereocenters. The summed E-state index contributed by atoms with van der Waals surface area (Å²) in [6.07, 6.45) is 2.97. The summed E-state index contributed by atoms with van der Waals surface area (Å²) < 4.78 is 13.1. The predicted octanol–water partition coefficient (Wildman–Crippen LogP) is 2.24. The first kappa shape index (κ1) is 11.5. The summed E-state index contributed by atoms with van der Waals surface area (Å²) in [5, 5.41) is 3.40. The smallest absolute Gasteiger partial charge is 0.139 e. The molecule has 0 radical (unpaired) electrons. The van der Waals surface area contributed by atoms with Crippen molar-refractivity contribution < 1.29 is 4.39 Å². The van der Waals surface area contributed by atoms with Gasteiger partial charge in [0, 0.05) is 25.8 Å². The molecule has 0 bridgehead atoms. The van der Waals surface area contributed by atoms with Crippen molar-refractivity contribution in [3.05, 3.63) is 22.6 Å². The molecule has 0 aromatic rings. The summed E-state index contributed by atoms with van der Waals surface area (Å²) in [5.74, 6) is -0.288. The molecule has 0 saturated heterocycles. The fraction of sp³-hybridized carbons (Fsp3) is 0.600. The maximum absolute atomic E-state index is 13.1. The summed E-state index contributed by atoms with van der Waals surface area (Å²) in [7, 11) is 3.87. The molecule has 1 N–H and O–H groups in total. The van der Waals surface area contributed by atoms with Gasteiger partial charge < -0.3 is 10.2 Å². The van der Waals surface area contributed by atoms with E-state index in [9.17, 15) is 4.39 Å².